The van der Waals surface area contributed by atoms with E-state index in [-0.39, 0.29) is 30.4 Å². The van der Waals surface area contributed by atoms with Crippen molar-refractivity contribution in [3.05, 3.63) is 89.2 Å². The van der Waals surface area contributed by atoms with E-state index in [9.17, 15) is 24.6 Å². The molecule has 33 heavy (non-hydrogen) atoms. The summed E-state index contributed by atoms with van der Waals surface area (Å²) >= 11 is 0. The second-order valence-electron chi connectivity index (χ2n) is 7.69. The molecule has 1 aromatic heterocycles. The fourth-order valence-electron chi connectivity index (χ4n) is 3.97. The SMILES string of the molecule is O=C(NO)C(Cc1ccc(NO)cc1)n1c(O)cc(Cc2cccc3ccc(F)cc23)c1O. The number of aromatic nitrogens is 1. The van der Waals surface area contributed by atoms with Gasteiger partial charge in [-0.15, -0.1) is 0 Å². The number of nitrogens with zero attached hydrogens (tertiary/aromatic N) is 1. The molecule has 6 N–H and O–H groups in total. The van der Waals surface area contributed by atoms with Crippen LogP contribution < -0.4 is 11.0 Å². The zero-order chi connectivity index (χ0) is 23.5. The number of hydroxylamine groups is 1. The standard InChI is InChI=1S/C24H22FN3O5/c25-18-7-6-15-2-1-3-16(20(15)13-18)11-17-12-22(29)28(24(17)31)21(23(30)27-33)10-14-4-8-19(26-32)9-5-14/h1-9,12-13,21,26,29,31-33H,10-11H2,(H,27,30). The average molecular weight is 451 g/mol. The third-order valence-electron chi connectivity index (χ3n) is 5.62. The second kappa shape index (κ2) is 9.19. The predicted octanol–water partition coefficient (Wildman–Crippen LogP) is 3.87. The van der Waals surface area contributed by atoms with Gasteiger partial charge in [-0.2, -0.15) is 0 Å². The summed E-state index contributed by atoms with van der Waals surface area (Å²) in [5, 5.41) is 41.2. The van der Waals surface area contributed by atoms with Gasteiger partial charge in [0.15, 0.2) is 11.8 Å². The Labute approximate surface area is 188 Å². The number of fused-ring (bicyclic) bond motifs is 1. The van der Waals surface area contributed by atoms with Crippen molar-refractivity contribution < 1.29 is 29.8 Å². The molecule has 3 aromatic carbocycles. The summed E-state index contributed by atoms with van der Waals surface area (Å²) in [6.07, 6.45) is 0.213. The first-order valence-corrected chi connectivity index (χ1v) is 10.1. The molecule has 0 bridgehead atoms. The lowest BCUT2D eigenvalue weighted by atomic mass is 9.99. The molecule has 1 amide bonds. The van der Waals surface area contributed by atoms with E-state index in [1.807, 2.05) is 17.6 Å². The van der Waals surface area contributed by atoms with Crippen molar-refractivity contribution in [1.82, 2.24) is 10.0 Å². The maximum absolute atomic E-state index is 13.8. The third-order valence-corrected chi connectivity index (χ3v) is 5.62. The van der Waals surface area contributed by atoms with Gasteiger partial charge in [-0.1, -0.05) is 36.4 Å². The van der Waals surface area contributed by atoms with E-state index >= 15 is 0 Å². The van der Waals surface area contributed by atoms with Gasteiger partial charge in [-0.3, -0.25) is 25.3 Å². The molecule has 0 aliphatic rings. The number of carbonyl (C=O) groups excluding carboxylic acids is 1. The van der Waals surface area contributed by atoms with Crippen LogP contribution in [0, 0.1) is 5.82 Å². The topological polar surface area (TPSA) is 127 Å². The van der Waals surface area contributed by atoms with Gasteiger partial charge in [0.1, 0.15) is 11.9 Å². The molecule has 170 valence electrons. The minimum absolute atomic E-state index is 0.0345. The number of rotatable bonds is 7. The first-order chi connectivity index (χ1) is 15.9. The lowest BCUT2D eigenvalue weighted by molar-refractivity contribution is -0.132. The molecule has 1 heterocycles. The van der Waals surface area contributed by atoms with Crippen LogP contribution in [0.15, 0.2) is 66.7 Å². The summed E-state index contributed by atoms with van der Waals surface area (Å²) < 4.78 is 14.8. The average Bonchev–Trinajstić information content (AvgIpc) is 3.10. The number of amides is 1. The molecule has 0 aliphatic carbocycles. The highest BCUT2D eigenvalue weighted by Crippen LogP contribution is 2.35. The predicted molar refractivity (Wildman–Crippen MR) is 119 cm³/mol. The van der Waals surface area contributed by atoms with Crippen LogP contribution in [0.25, 0.3) is 10.8 Å². The Kier molecular flexibility index (Phi) is 6.16. The first-order valence-electron chi connectivity index (χ1n) is 10.1. The van der Waals surface area contributed by atoms with Gasteiger partial charge in [0.25, 0.3) is 5.91 Å². The lowest BCUT2D eigenvalue weighted by Crippen LogP contribution is -2.31. The Balaban J connectivity index is 1.70. The molecule has 9 heteroatoms. The van der Waals surface area contributed by atoms with Crippen molar-refractivity contribution in [2.45, 2.75) is 18.9 Å². The van der Waals surface area contributed by atoms with E-state index in [0.29, 0.717) is 22.2 Å². The van der Waals surface area contributed by atoms with Crippen molar-refractivity contribution in [3.8, 4) is 11.8 Å². The molecule has 0 aliphatic heterocycles. The fourth-order valence-corrected chi connectivity index (χ4v) is 3.97. The molecule has 1 atom stereocenters. The molecule has 0 saturated heterocycles. The van der Waals surface area contributed by atoms with Crippen LogP contribution in [0.1, 0.15) is 22.7 Å². The largest absolute Gasteiger partial charge is 0.494 e. The maximum Gasteiger partial charge on any atom is 0.266 e. The normalized spacial score (nSPS) is 12.0. The summed E-state index contributed by atoms with van der Waals surface area (Å²) in [5.74, 6) is -1.93. The van der Waals surface area contributed by atoms with Gasteiger partial charge in [0.2, 0.25) is 0 Å². The van der Waals surface area contributed by atoms with Gasteiger partial charge in [0, 0.05) is 24.5 Å². The molecule has 0 radical (unpaired) electrons. The summed E-state index contributed by atoms with van der Waals surface area (Å²) in [7, 11) is 0. The summed E-state index contributed by atoms with van der Waals surface area (Å²) in [5.41, 5.74) is 5.75. The van der Waals surface area contributed by atoms with Gasteiger partial charge in [-0.05, 0) is 46.2 Å². The summed E-state index contributed by atoms with van der Waals surface area (Å²) in [6.45, 7) is 0. The Morgan fingerprint density at radius 3 is 2.42 bits per heavy atom. The first kappa shape index (κ1) is 22.1. The minimum Gasteiger partial charge on any atom is -0.494 e. The van der Waals surface area contributed by atoms with E-state index in [0.717, 1.165) is 15.5 Å². The molecule has 4 rings (SSSR count). The van der Waals surface area contributed by atoms with E-state index in [1.54, 1.807) is 41.9 Å². The molecule has 0 saturated carbocycles. The van der Waals surface area contributed by atoms with Crippen molar-refractivity contribution in [2.75, 3.05) is 5.48 Å². The van der Waals surface area contributed by atoms with E-state index in [2.05, 4.69) is 0 Å². The Morgan fingerprint density at radius 1 is 0.970 bits per heavy atom. The molecule has 0 fully saturated rings. The maximum atomic E-state index is 13.8. The van der Waals surface area contributed by atoms with Crippen molar-refractivity contribution in [1.29, 1.82) is 0 Å². The van der Waals surface area contributed by atoms with Gasteiger partial charge in [-0.25, -0.2) is 9.87 Å². The highest BCUT2D eigenvalue weighted by molar-refractivity contribution is 5.86. The van der Waals surface area contributed by atoms with E-state index < -0.39 is 11.9 Å². The Morgan fingerprint density at radius 2 is 1.73 bits per heavy atom. The number of aromatic hydroxyl groups is 2. The van der Waals surface area contributed by atoms with Gasteiger partial charge in [0.05, 0.1) is 5.69 Å². The fraction of sp³-hybridized carbons (Fsp3) is 0.125. The Hall–Kier alpha value is -4.08. The zero-order valence-electron chi connectivity index (χ0n) is 17.4. The van der Waals surface area contributed by atoms with Crippen LogP contribution in [0.3, 0.4) is 0 Å². The second-order valence-corrected chi connectivity index (χ2v) is 7.69. The number of halogens is 1. The number of hydrogen-bond acceptors (Lipinski definition) is 6. The van der Waals surface area contributed by atoms with Crippen molar-refractivity contribution in [3.63, 3.8) is 0 Å². The molecule has 0 spiro atoms. The van der Waals surface area contributed by atoms with Crippen LogP contribution in [0.5, 0.6) is 11.8 Å². The lowest BCUT2D eigenvalue weighted by Gasteiger charge is -2.19. The monoisotopic (exact) mass is 451 g/mol. The van der Waals surface area contributed by atoms with Crippen LogP contribution in [0.4, 0.5) is 10.1 Å². The number of benzene rings is 3. The molecule has 1 unspecified atom stereocenters. The van der Waals surface area contributed by atoms with Crippen LogP contribution in [0.2, 0.25) is 0 Å². The number of carbonyl (C=O) groups is 1. The zero-order valence-corrected chi connectivity index (χ0v) is 17.4. The molecular weight excluding hydrogens is 429 g/mol. The number of nitrogens with one attached hydrogen (secondary N) is 2. The van der Waals surface area contributed by atoms with Crippen LogP contribution >= 0.6 is 0 Å². The molecular formula is C24H22FN3O5. The molecule has 8 nitrogen and oxygen atoms in total. The highest BCUT2D eigenvalue weighted by Gasteiger charge is 2.28. The van der Waals surface area contributed by atoms with Crippen molar-refractivity contribution in [2.24, 2.45) is 0 Å². The quantitative estimate of drug-likeness (QED) is 0.187. The molecule has 4 aromatic rings. The van der Waals surface area contributed by atoms with Gasteiger partial charge >= 0.3 is 0 Å². The summed E-state index contributed by atoms with van der Waals surface area (Å²) in [4.78, 5) is 12.4. The smallest absolute Gasteiger partial charge is 0.266 e. The Bertz CT molecular complexity index is 1300. The van der Waals surface area contributed by atoms with Crippen LogP contribution in [-0.2, 0) is 17.6 Å². The van der Waals surface area contributed by atoms with Gasteiger partial charge < -0.3 is 10.2 Å². The highest BCUT2D eigenvalue weighted by atomic mass is 19.1. The van der Waals surface area contributed by atoms with Crippen LogP contribution in [-0.4, -0.2) is 31.1 Å². The van der Waals surface area contributed by atoms with E-state index in [4.69, 9.17) is 5.21 Å². The minimum atomic E-state index is -1.17. The number of anilines is 1. The summed E-state index contributed by atoms with van der Waals surface area (Å²) in [6, 6.07) is 16.5. The van der Waals surface area contributed by atoms with Crippen molar-refractivity contribution >= 4 is 22.4 Å². The number of hydrogen-bond donors (Lipinski definition) is 6. The third kappa shape index (κ3) is 4.45. The van der Waals surface area contributed by atoms with E-state index in [1.165, 1.54) is 18.2 Å².